The fourth-order valence-electron chi connectivity index (χ4n) is 3.48. The monoisotopic (exact) mass is 416 g/mol. The third kappa shape index (κ3) is 2.80. The Morgan fingerprint density at radius 2 is 2.17 bits per heavy atom. The normalized spacial score (nSPS) is 18.3. The molecule has 1 aliphatic rings. The van der Waals surface area contributed by atoms with Crippen molar-refractivity contribution in [1.82, 2.24) is 19.6 Å². The molecule has 1 aromatic carbocycles. The summed E-state index contributed by atoms with van der Waals surface area (Å²) in [6.45, 7) is 0. The minimum absolute atomic E-state index is 0.0287. The number of amides is 1. The molecule has 5 rings (SSSR count). The van der Waals surface area contributed by atoms with Crippen molar-refractivity contribution < 1.29 is 13.6 Å². The summed E-state index contributed by atoms with van der Waals surface area (Å²) in [5.41, 5.74) is 2.46. The first-order valence-corrected chi connectivity index (χ1v) is 9.31. The molecule has 1 aliphatic carbocycles. The molecule has 4 aromatic rings. The van der Waals surface area contributed by atoms with Gasteiger partial charge in [0.1, 0.15) is 11.8 Å². The van der Waals surface area contributed by atoms with Gasteiger partial charge in [-0.25, -0.2) is 13.8 Å². The molecular formula is C19H15ClF2N6O. The molecule has 10 heteroatoms. The fourth-order valence-corrected chi connectivity index (χ4v) is 3.79. The first-order valence-electron chi connectivity index (χ1n) is 8.93. The number of hydrogen-bond acceptors (Lipinski definition) is 4. The number of nitrogens with one attached hydrogen (secondary N) is 3. The van der Waals surface area contributed by atoms with Crippen molar-refractivity contribution in [2.45, 2.75) is 12.6 Å². The molecule has 1 amide bonds. The van der Waals surface area contributed by atoms with E-state index in [0.717, 1.165) is 0 Å². The number of fused-ring (bicyclic) bond motifs is 2. The Labute approximate surface area is 168 Å². The van der Waals surface area contributed by atoms with Gasteiger partial charge in [-0.15, -0.1) is 0 Å². The molecule has 0 spiro atoms. The molecule has 148 valence electrons. The summed E-state index contributed by atoms with van der Waals surface area (Å²) in [4.78, 5) is 16.2. The predicted molar refractivity (Wildman–Crippen MR) is 106 cm³/mol. The van der Waals surface area contributed by atoms with Gasteiger partial charge in [-0.1, -0.05) is 11.6 Å². The molecule has 0 aliphatic heterocycles. The van der Waals surface area contributed by atoms with Crippen LogP contribution in [0.15, 0.2) is 30.7 Å². The van der Waals surface area contributed by atoms with Crippen LogP contribution in [-0.4, -0.2) is 38.7 Å². The van der Waals surface area contributed by atoms with Crippen molar-refractivity contribution in [3.63, 3.8) is 0 Å². The number of aromatic amines is 1. The van der Waals surface area contributed by atoms with Crippen LogP contribution in [0.1, 0.15) is 6.42 Å². The van der Waals surface area contributed by atoms with Gasteiger partial charge in [-0.2, -0.15) is 5.10 Å². The molecule has 0 unspecified atom stereocenters. The standard InChI is InChI=1S/C19H15ClF2N6O/c1-23-18-16(22)15(20)14(10-5-24-27-17(10)18)8-2-3-13-25-12(7-28(13)6-8)26-19(29)9-4-11(9)21/h2-3,5-7,9,11,23H,4H2,1H3,(H,24,27)(H,26,29)/t9-,11+/m1/s1. The highest BCUT2D eigenvalue weighted by Crippen LogP contribution is 2.41. The van der Waals surface area contributed by atoms with Crippen molar-refractivity contribution >= 4 is 45.6 Å². The van der Waals surface area contributed by atoms with Gasteiger partial charge in [0, 0.05) is 29.8 Å². The topological polar surface area (TPSA) is 87.1 Å². The number of anilines is 2. The van der Waals surface area contributed by atoms with E-state index in [1.807, 2.05) is 0 Å². The number of H-pyrrole nitrogens is 1. The molecule has 29 heavy (non-hydrogen) atoms. The number of alkyl halides is 1. The number of pyridine rings is 1. The summed E-state index contributed by atoms with van der Waals surface area (Å²) in [7, 11) is 1.61. The quantitative estimate of drug-likeness (QED) is 0.469. The third-order valence-corrected chi connectivity index (χ3v) is 5.44. The van der Waals surface area contributed by atoms with Crippen molar-refractivity contribution in [2.24, 2.45) is 5.92 Å². The smallest absolute Gasteiger partial charge is 0.231 e. The SMILES string of the molecule is CNc1c(F)c(Cl)c(-c2ccc3nc(NC(=O)[C@@H]4C[C@@H]4F)cn3c2)c2cn[nH]c12. The van der Waals surface area contributed by atoms with Crippen LogP contribution >= 0.6 is 11.6 Å². The van der Waals surface area contributed by atoms with E-state index in [2.05, 4.69) is 25.8 Å². The van der Waals surface area contributed by atoms with Crippen LogP contribution in [0.5, 0.6) is 0 Å². The number of hydrogen-bond donors (Lipinski definition) is 3. The minimum atomic E-state index is -1.08. The minimum Gasteiger partial charge on any atom is -0.384 e. The van der Waals surface area contributed by atoms with Gasteiger partial charge in [0.25, 0.3) is 0 Å². The van der Waals surface area contributed by atoms with E-state index in [4.69, 9.17) is 11.6 Å². The Kier molecular flexibility index (Phi) is 3.95. The van der Waals surface area contributed by atoms with Crippen LogP contribution < -0.4 is 10.6 Å². The van der Waals surface area contributed by atoms with Gasteiger partial charge >= 0.3 is 0 Å². The predicted octanol–water partition coefficient (Wildman–Crippen LogP) is 4.01. The molecule has 0 radical (unpaired) electrons. The van der Waals surface area contributed by atoms with Crippen molar-refractivity contribution in [1.29, 1.82) is 0 Å². The maximum atomic E-state index is 14.8. The van der Waals surface area contributed by atoms with Crippen molar-refractivity contribution in [3.8, 4) is 11.1 Å². The number of aromatic nitrogens is 4. The zero-order valence-corrected chi connectivity index (χ0v) is 15.9. The maximum Gasteiger partial charge on any atom is 0.231 e. The second kappa shape index (κ2) is 6.41. The van der Waals surface area contributed by atoms with E-state index >= 15 is 0 Å². The van der Waals surface area contributed by atoms with Crippen molar-refractivity contribution in [3.05, 3.63) is 41.6 Å². The van der Waals surface area contributed by atoms with Gasteiger partial charge in [-0.05, 0) is 18.6 Å². The number of nitrogens with zero attached hydrogens (tertiary/aromatic N) is 3. The zero-order chi connectivity index (χ0) is 20.3. The van der Waals surface area contributed by atoms with Crippen LogP contribution in [-0.2, 0) is 4.79 Å². The second-order valence-corrected chi connectivity index (χ2v) is 7.32. The molecular weight excluding hydrogens is 402 g/mol. The molecule has 3 aromatic heterocycles. The van der Waals surface area contributed by atoms with Gasteiger partial charge in [-0.3, -0.25) is 9.89 Å². The lowest BCUT2D eigenvalue weighted by Gasteiger charge is -2.12. The fraction of sp³-hybridized carbons (Fsp3) is 0.211. The summed E-state index contributed by atoms with van der Waals surface area (Å²) in [5.74, 6) is -1.24. The van der Waals surface area contributed by atoms with Crippen LogP contribution in [0.3, 0.4) is 0 Å². The first kappa shape index (κ1) is 17.9. The van der Waals surface area contributed by atoms with Gasteiger partial charge < -0.3 is 15.0 Å². The lowest BCUT2D eigenvalue weighted by molar-refractivity contribution is -0.117. The van der Waals surface area contributed by atoms with Crippen LogP contribution in [0.2, 0.25) is 5.02 Å². The average Bonchev–Trinajstić information content (AvgIpc) is 3.08. The Bertz CT molecular complexity index is 1280. The second-order valence-electron chi connectivity index (χ2n) is 6.94. The lowest BCUT2D eigenvalue weighted by atomic mass is 10.0. The highest BCUT2D eigenvalue weighted by atomic mass is 35.5. The summed E-state index contributed by atoms with van der Waals surface area (Å²) >= 11 is 6.35. The lowest BCUT2D eigenvalue weighted by Crippen LogP contribution is -2.15. The van der Waals surface area contributed by atoms with E-state index in [-0.39, 0.29) is 23.0 Å². The van der Waals surface area contributed by atoms with E-state index < -0.39 is 17.9 Å². The molecule has 1 fully saturated rings. The molecule has 3 N–H and O–H groups in total. The highest BCUT2D eigenvalue weighted by Gasteiger charge is 2.43. The highest BCUT2D eigenvalue weighted by molar-refractivity contribution is 6.36. The summed E-state index contributed by atoms with van der Waals surface area (Å²) < 4.78 is 29.5. The van der Waals surface area contributed by atoms with E-state index in [1.54, 1.807) is 42.2 Å². The zero-order valence-electron chi connectivity index (χ0n) is 15.1. The van der Waals surface area contributed by atoms with Gasteiger partial charge in [0.15, 0.2) is 11.6 Å². The summed E-state index contributed by atoms with van der Waals surface area (Å²) in [5, 5.41) is 12.9. The number of carbonyl (C=O) groups excluding carboxylic acids is 1. The van der Waals surface area contributed by atoms with Crippen molar-refractivity contribution in [2.75, 3.05) is 17.7 Å². The first-order chi connectivity index (χ1) is 14.0. The molecule has 7 nitrogen and oxygen atoms in total. The number of carbonyl (C=O) groups is 1. The molecule has 0 bridgehead atoms. The average molecular weight is 417 g/mol. The maximum absolute atomic E-state index is 14.8. The molecule has 3 heterocycles. The number of rotatable bonds is 4. The number of benzene rings is 1. The largest absolute Gasteiger partial charge is 0.384 e. The third-order valence-electron chi connectivity index (χ3n) is 5.08. The summed E-state index contributed by atoms with van der Waals surface area (Å²) in [6, 6.07) is 3.49. The Hall–Kier alpha value is -3.20. The van der Waals surface area contributed by atoms with E-state index in [0.29, 0.717) is 33.5 Å². The van der Waals surface area contributed by atoms with Gasteiger partial charge in [0.2, 0.25) is 5.91 Å². The van der Waals surface area contributed by atoms with Crippen LogP contribution in [0.4, 0.5) is 20.3 Å². The Balaban J connectivity index is 1.58. The Morgan fingerprint density at radius 1 is 1.38 bits per heavy atom. The Morgan fingerprint density at radius 3 is 2.90 bits per heavy atom. The van der Waals surface area contributed by atoms with Crippen LogP contribution in [0, 0.1) is 11.7 Å². The number of imidazole rings is 1. The summed E-state index contributed by atoms with van der Waals surface area (Å²) in [6.07, 6.45) is 4.11. The van der Waals surface area contributed by atoms with Crippen LogP contribution in [0.25, 0.3) is 27.7 Å². The molecule has 0 saturated heterocycles. The molecule has 1 saturated carbocycles. The van der Waals surface area contributed by atoms with E-state index in [9.17, 15) is 13.6 Å². The number of halogens is 3. The van der Waals surface area contributed by atoms with Gasteiger partial charge in [0.05, 0.1) is 34.5 Å². The van der Waals surface area contributed by atoms with E-state index in [1.165, 1.54) is 0 Å². The molecule has 2 atom stereocenters.